The molecular weight excluding hydrogens is 220 g/mol. The van der Waals surface area contributed by atoms with E-state index in [2.05, 4.69) is 11.6 Å². The molecule has 1 saturated heterocycles. The Hall–Kier alpha value is 0.0700. The largest absolute Gasteiger partial charge is 0.338 e. The lowest BCUT2D eigenvalue weighted by Gasteiger charge is -2.23. The Morgan fingerprint density at radius 2 is 2.36 bits per heavy atom. The van der Waals surface area contributed by atoms with Gasteiger partial charge in [-0.3, -0.25) is 4.79 Å². The van der Waals surface area contributed by atoms with Crippen molar-refractivity contribution in [2.24, 2.45) is 0 Å². The van der Waals surface area contributed by atoms with Crippen LogP contribution in [0.5, 0.6) is 0 Å². The molecule has 0 aromatic carbocycles. The van der Waals surface area contributed by atoms with Crippen molar-refractivity contribution in [3.05, 3.63) is 0 Å². The number of amides is 1. The predicted molar refractivity (Wildman–Crippen MR) is 64.3 cm³/mol. The SMILES string of the molecule is CNCC(=O)N1CCCC1CSC.Cl. The number of hydrogen-bond donors (Lipinski definition) is 1. The van der Waals surface area contributed by atoms with Gasteiger partial charge in [-0.15, -0.1) is 12.4 Å². The monoisotopic (exact) mass is 238 g/mol. The zero-order valence-corrected chi connectivity index (χ0v) is 10.4. The lowest BCUT2D eigenvalue weighted by molar-refractivity contribution is -0.130. The van der Waals surface area contributed by atoms with E-state index in [4.69, 9.17) is 0 Å². The summed E-state index contributed by atoms with van der Waals surface area (Å²) in [6, 6.07) is 0.482. The van der Waals surface area contributed by atoms with Crippen LogP contribution in [0.25, 0.3) is 0 Å². The van der Waals surface area contributed by atoms with Gasteiger partial charge in [0.05, 0.1) is 6.54 Å². The van der Waals surface area contributed by atoms with Crippen LogP contribution in [0, 0.1) is 0 Å². The van der Waals surface area contributed by atoms with Gasteiger partial charge in [-0.2, -0.15) is 11.8 Å². The molecule has 0 spiro atoms. The first-order chi connectivity index (χ1) is 6.29. The lowest BCUT2D eigenvalue weighted by Crippen LogP contribution is -2.41. The van der Waals surface area contributed by atoms with Crippen LogP contribution < -0.4 is 5.32 Å². The van der Waals surface area contributed by atoms with Gasteiger partial charge in [0, 0.05) is 18.3 Å². The molecule has 1 amide bonds. The average Bonchev–Trinajstić information content (AvgIpc) is 2.54. The summed E-state index contributed by atoms with van der Waals surface area (Å²) < 4.78 is 0. The Labute approximate surface area is 96.4 Å². The molecule has 1 atom stereocenters. The second-order valence-corrected chi connectivity index (χ2v) is 4.28. The third-order valence-corrected chi connectivity index (χ3v) is 3.10. The van der Waals surface area contributed by atoms with Gasteiger partial charge in [-0.05, 0) is 26.1 Å². The maximum atomic E-state index is 11.6. The van der Waals surface area contributed by atoms with Crippen LogP contribution in [0.2, 0.25) is 0 Å². The van der Waals surface area contributed by atoms with Crippen molar-refractivity contribution in [2.75, 3.05) is 32.1 Å². The zero-order valence-electron chi connectivity index (χ0n) is 8.78. The Bertz CT molecular complexity index is 180. The summed E-state index contributed by atoms with van der Waals surface area (Å²) in [5.41, 5.74) is 0. The molecule has 84 valence electrons. The van der Waals surface area contributed by atoms with Crippen molar-refractivity contribution >= 4 is 30.1 Å². The Balaban J connectivity index is 0.00000169. The molecule has 0 radical (unpaired) electrons. The Morgan fingerprint density at radius 3 is 2.93 bits per heavy atom. The van der Waals surface area contributed by atoms with Crippen molar-refractivity contribution in [3.8, 4) is 0 Å². The molecule has 5 heteroatoms. The number of rotatable bonds is 4. The normalized spacial score (nSPS) is 20.7. The van der Waals surface area contributed by atoms with Crippen LogP contribution in [0.15, 0.2) is 0 Å². The van der Waals surface area contributed by atoms with Gasteiger partial charge in [-0.1, -0.05) is 0 Å². The summed E-state index contributed by atoms with van der Waals surface area (Å²) in [6.07, 6.45) is 4.44. The van der Waals surface area contributed by atoms with Crippen LogP contribution in [-0.2, 0) is 4.79 Å². The number of halogens is 1. The van der Waals surface area contributed by atoms with Crippen LogP contribution in [0.1, 0.15) is 12.8 Å². The van der Waals surface area contributed by atoms with Crippen LogP contribution in [0.3, 0.4) is 0 Å². The standard InChI is InChI=1S/C9H18N2OS.ClH/c1-10-6-9(12)11-5-3-4-8(11)7-13-2;/h8,10H,3-7H2,1-2H3;1H. The molecular formula is C9H19ClN2OS. The zero-order chi connectivity index (χ0) is 9.68. The van der Waals surface area contributed by atoms with E-state index in [9.17, 15) is 4.79 Å². The van der Waals surface area contributed by atoms with Gasteiger partial charge in [0.25, 0.3) is 0 Å². The number of likely N-dealkylation sites (N-methyl/N-ethyl adjacent to an activating group) is 1. The number of nitrogens with one attached hydrogen (secondary N) is 1. The summed E-state index contributed by atoms with van der Waals surface area (Å²) in [5.74, 6) is 1.33. The fraction of sp³-hybridized carbons (Fsp3) is 0.889. The number of likely N-dealkylation sites (tertiary alicyclic amines) is 1. The average molecular weight is 239 g/mol. The number of carbonyl (C=O) groups is 1. The second-order valence-electron chi connectivity index (χ2n) is 3.37. The third kappa shape index (κ3) is 3.67. The smallest absolute Gasteiger partial charge is 0.236 e. The van der Waals surface area contributed by atoms with Crippen LogP contribution in [0.4, 0.5) is 0 Å². The quantitative estimate of drug-likeness (QED) is 0.793. The first-order valence-electron chi connectivity index (χ1n) is 4.72. The van der Waals surface area contributed by atoms with Crippen LogP contribution >= 0.6 is 24.2 Å². The van der Waals surface area contributed by atoms with E-state index in [1.165, 1.54) is 12.8 Å². The van der Waals surface area contributed by atoms with Crippen molar-refractivity contribution in [1.82, 2.24) is 10.2 Å². The summed E-state index contributed by atoms with van der Waals surface area (Å²) in [7, 11) is 1.82. The highest BCUT2D eigenvalue weighted by atomic mass is 35.5. The molecule has 0 aliphatic carbocycles. The number of thioether (sulfide) groups is 1. The highest BCUT2D eigenvalue weighted by molar-refractivity contribution is 7.98. The molecule has 0 saturated carbocycles. The highest BCUT2D eigenvalue weighted by Crippen LogP contribution is 2.19. The van der Waals surface area contributed by atoms with E-state index in [-0.39, 0.29) is 18.3 Å². The second kappa shape index (κ2) is 7.37. The van der Waals surface area contributed by atoms with E-state index in [1.54, 1.807) is 0 Å². The van der Waals surface area contributed by atoms with Crippen molar-refractivity contribution in [3.63, 3.8) is 0 Å². The number of hydrogen-bond acceptors (Lipinski definition) is 3. The molecule has 1 rings (SSSR count). The van der Waals surface area contributed by atoms with E-state index in [0.29, 0.717) is 12.6 Å². The fourth-order valence-electron chi connectivity index (χ4n) is 1.78. The third-order valence-electron chi connectivity index (χ3n) is 2.38. The van der Waals surface area contributed by atoms with Crippen molar-refractivity contribution in [1.29, 1.82) is 0 Å². The Morgan fingerprint density at radius 1 is 1.64 bits per heavy atom. The summed E-state index contributed by atoms with van der Waals surface area (Å²) in [5, 5.41) is 2.91. The molecule has 1 N–H and O–H groups in total. The van der Waals surface area contributed by atoms with Gasteiger partial charge in [0.2, 0.25) is 5.91 Å². The summed E-state index contributed by atoms with van der Waals surface area (Å²) in [4.78, 5) is 13.6. The molecule has 0 aromatic rings. The first kappa shape index (κ1) is 14.1. The number of nitrogens with zero attached hydrogens (tertiary/aromatic N) is 1. The van der Waals surface area contributed by atoms with Crippen molar-refractivity contribution in [2.45, 2.75) is 18.9 Å². The van der Waals surface area contributed by atoms with Crippen LogP contribution in [-0.4, -0.2) is 49.0 Å². The van der Waals surface area contributed by atoms with Gasteiger partial charge in [0.15, 0.2) is 0 Å². The molecule has 1 heterocycles. The first-order valence-corrected chi connectivity index (χ1v) is 6.12. The van der Waals surface area contributed by atoms with E-state index < -0.39 is 0 Å². The molecule has 0 aromatic heterocycles. The molecule has 3 nitrogen and oxygen atoms in total. The van der Waals surface area contributed by atoms with E-state index in [1.807, 2.05) is 23.7 Å². The summed E-state index contributed by atoms with van der Waals surface area (Å²) >= 11 is 1.82. The van der Waals surface area contributed by atoms with E-state index >= 15 is 0 Å². The molecule has 1 aliphatic heterocycles. The topological polar surface area (TPSA) is 32.3 Å². The minimum atomic E-state index is 0. The van der Waals surface area contributed by atoms with Gasteiger partial charge < -0.3 is 10.2 Å². The van der Waals surface area contributed by atoms with Gasteiger partial charge in [0.1, 0.15) is 0 Å². The molecule has 14 heavy (non-hydrogen) atoms. The minimum absolute atomic E-state index is 0. The molecule has 1 fully saturated rings. The molecule has 1 aliphatic rings. The maximum absolute atomic E-state index is 11.6. The number of carbonyl (C=O) groups excluding carboxylic acids is 1. The molecule has 1 unspecified atom stereocenters. The summed E-state index contributed by atoms with van der Waals surface area (Å²) in [6.45, 7) is 1.43. The van der Waals surface area contributed by atoms with E-state index in [0.717, 1.165) is 12.3 Å². The fourth-order valence-corrected chi connectivity index (χ4v) is 2.51. The Kier molecular flexibility index (Phi) is 7.41. The lowest BCUT2D eigenvalue weighted by atomic mass is 10.2. The predicted octanol–water partition coefficient (Wildman–Crippen LogP) is 0.982. The highest BCUT2D eigenvalue weighted by Gasteiger charge is 2.27. The maximum Gasteiger partial charge on any atom is 0.236 e. The van der Waals surface area contributed by atoms with Gasteiger partial charge in [-0.25, -0.2) is 0 Å². The van der Waals surface area contributed by atoms with Crippen molar-refractivity contribution < 1.29 is 4.79 Å². The molecule has 0 bridgehead atoms. The van der Waals surface area contributed by atoms with Gasteiger partial charge >= 0.3 is 0 Å². The minimum Gasteiger partial charge on any atom is -0.338 e.